The molecule has 1 aliphatic heterocycles. The van der Waals surface area contributed by atoms with Gasteiger partial charge in [0.15, 0.2) is 9.84 Å². The summed E-state index contributed by atoms with van der Waals surface area (Å²) >= 11 is 0. The average Bonchev–Trinajstić information content (AvgIpc) is 2.77. The molecular formula is C13H25NO5S. The first kappa shape index (κ1) is 17.4. The van der Waals surface area contributed by atoms with Gasteiger partial charge in [-0.25, -0.2) is 8.42 Å². The van der Waals surface area contributed by atoms with Gasteiger partial charge in [0.1, 0.15) is 0 Å². The molecule has 0 aromatic carbocycles. The maximum Gasteiger partial charge on any atom is 0.310 e. The van der Waals surface area contributed by atoms with Crippen molar-refractivity contribution in [1.29, 1.82) is 0 Å². The largest absolute Gasteiger partial charge is 0.481 e. The smallest absolute Gasteiger partial charge is 0.310 e. The van der Waals surface area contributed by atoms with E-state index in [-0.39, 0.29) is 18.4 Å². The zero-order valence-electron chi connectivity index (χ0n) is 12.6. The fraction of sp³-hybridized carbons (Fsp3) is 0.923. The van der Waals surface area contributed by atoms with Crippen LogP contribution in [0.15, 0.2) is 0 Å². The lowest BCUT2D eigenvalue weighted by molar-refractivity contribution is -0.143. The van der Waals surface area contributed by atoms with Crippen LogP contribution < -0.4 is 0 Å². The van der Waals surface area contributed by atoms with Gasteiger partial charge in [-0.15, -0.1) is 0 Å². The first-order valence-corrected chi connectivity index (χ1v) is 8.52. The van der Waals surface area contributed by atoms with E-state index in [1.54, 1.807) is 20.8 Å². The molecule has 1 N–H and O–H groups in total. The fourth-order valence-corrected chi connectivity index (χ4v) is 3.33. The van der Waals surface area contributed by atoms with Crippen LogP contribution in [-0.2, 0) is 19.4 Å². The summed E-state index contributed by atoms with van der Waals surface area (Å²) in [5.41, 5.74) is 0. The van der Waals surface area contributed by atoms with Crippen LogP contribution in [0.5, 0.6) is 0 Å². The van der Waals surface area contributed by atoms with Gasteiger partial charge in [-0.1, -0.05) is 6.92 Å². The second kappa shape index (κ2) is 6.41. The van der Waals surface area contributed by atoms with E-state index in [0.29, 0.717) is 19.7 Å². The molecule has 0 aromatic heterocycles. The lowest BCUT2D eigenvalue weighted by atomic mass is 10.0. The molecule has 1 fully saturated rings. The van der Waals surface area contributed by atoms with Crippen LogP contribution in [0.1, 0.15) is 27.7 Å². The minimum absolute atomic E-state index is 0.0349. The molecule has 0 spiro atoms. The van der Waals surface area contributed by atoms with E-state index in [1.165, 1.54) is 0 Å². The number of sulfone groups is 1. The van der Waals surface area contributed by atoms with Crippen molar-refractivity contribution < 1.29 is 23.1 Å². The van der Waals surface area contributed by atoms with Crippen LogP contribution in [0.4, 0.5) is 0 Å². The summed E-state index contributed by atoms with van der Waals surface area (Å²) < 4.78 is 28.7. The Hall–Kier alpha value is -0.660. The number of carboxylic acids is 1. The summed E-state index contributed by atoms with van der Waals surface area (Å²) in [5.74, 6) is -1.43. The molecule has 2 atom stereocenters. The highest BCUT2D eigenvalue weighted by molar-refractivity contribution is 7.92. The van der Waals surface area contributed by atoms with Gasteiger partial charge in [0.2, 0.25) is 0 Å². The van der Waals surface area contributed by atoms with Crippen LogP contribution in [0.25, 0.3) is 0 Å². The molecule has 7 heteroatoms. The minimum Gasteiger partial charge on any atom is -0.481 e. The van der Waals surface area contributed by atoms with E-state index in [9.17, 15) is 13.2 Å². The Bertz CT molecular complexity index is 440. The maximum atomic E-state index is 12.1. The molecule has 0 aromatic rings. The van der Waals surface area contributed by atoms with Gasteiger partial charge in [-0.3, -0.25) is 9.69 Å². The van der Waals surface area contributed by atoms with Crippen molar-refractivity contribution in [3.8, 4) is 0 Å². The summed E-state index contributed by atoms with van der Waals surface area (Å²) in [6, 6.07) is -0.243. The lowest BCUT2D eigenvalue weighted by Gasteiger charge is -2.30. The highest BCUT2D eigenvalue weighted by Crippen LogP contribution is 2.21. The molecule has 1 saturated heterocycles. The van der Waals surface area contributed by atoms with Gasteiger partial charge in [0, 0.05) is 12.6 Å². The summed E-state index contributed by atoms with van der Waals surface area (Å²) in [4.78, 5) is 13.1. The third kappa shape index (κ3) is 3.93. The molecule has 0 radical (unpaired) electrons. The first-order valence-electron chi connectivity index (χ1n) is 6.87. The highest BCUT2D eigenvalue weighted by atomic mass is 32.2. The van der Waals surface area contributed by atoms with Crippen molar-refractivity contribution in [2.24, 2.45) is 5.92 Å². The Labute approximate surface area is 121 Å². The van der Waals surface area contributed by atoms with Crippen LogP contribution in [0.2, 0.25) is 0 Å². The third-order valence-electron chi connectivity index (χ3n) is 3.82. The minimum atomic E-state index is -3.20. The molecule has 0 amide bonds. The third-order valence-corrected chi connectivity index (χ3v) is 6.41. The molecule has 2 unspecified atom stereocenters. The maximum absolute atomic E-state index is 12.1. The summed E-state index contributed by atoms with van der Waals surface area (Å²) in [6.45, 7) is 8.43. The first-order chi connectivity index (χ1) is 9.10. The number of nitrogens with zero attached hydrogens (tertiary/aromatic N) is 1. The number of aliphatic carboxylic acids is 1. The van der Waals surface area contributed by atoms with Crippen molar-refractivity contribution in [3.63, 3.8) is 0 Å². The van der Waals surface area contributed by atoms with Gasteiger partial charge >= 0.3 is 5.97 Å². The second-order valence-electron chi connectivity index (χ2n) is 6.11. The Morgan fingerprint density at radius 1 is 1.35 bits per heavy atom. The normalized spacial score (nSPS) is 24.2. The van der Waals surface area contributed by atoms with Gasteiger partial charge in [-0.05, 0) is 27.3 Å². The summed E-state index contributed by atoms with van der Waals surface area (Å²) in [5, 5.41) is 9.16. The summed E-state index contributed by atoms with van der Waals surface area (Å²) in [7, 11) is -3.20. The molecule has 0 aliphatic carbocycles. The van der Waals surface area contributed by atoms with E-state index in [2.05, 4.69) is 0 Å². The molecule has 1 aliphatic rings. The van der Waals surface area contributed by atoms with Crippen LogP contribution >= 0.6 is 0 Å². The van der Waals surface area contributed by atoms with E-state index in [4.69, 9.17) is 9.84 Å². The molecule has 1 heterocycles. The Balaban J connectivity index is 2.71. The zero-order valence-corrected chi connectivity index (χ0v) is 13.4. The van der Waals surface area contributed by atoms with Crippen molar-refractivity contribution in [2.45, 2.75) is 38.5 Å². The van der Waals surface area contributed by atoms with Gasteiger partial charge in [0.05, 0.1) is 29.6 Å². The van der Waals surface area contributed by atoms with Crippen molar-refractivity contribution in [1.82, 2.24) is 4.90 Å². The lowest BCUT2D eigenvalue weighted by Crippen LogP contribution is -2.46. The number of hydrogen-bond acceptors (Lipinski definition) is 5. The van der Waals surface area contributed by atoms with Crippen LogP contribution in [-0.4, -0.2) is 67.2 Å². The van der Waals surface area contributed by atoms with Crippen molar-refractivity contribution in [3.05, 3.63) is 0 Å². The second-order valence-corrected chi connectivity index (χ2v) is 8.97. The van der Waals surface area contributed by atoms with Crippen molar-refractivity contribution >= 4 is 15.8 Å². The molecule has 6 nitrogen and oxygen atoms in total. The van der Waals surface area contributed by atoms with Gasteiger partial charge < -0.3 is 9.84 Å². The predicted octanol–water partition coefficient (Wildman–Crippen LogP) is 0.621. The molecule has 0 bridgehead atoms. The number of ether oxygens (including phenoxy) is 1. The van der Waals surface area contributed by atoms with Crippen molar-refractivity contribution in [2.75, 3.05) is 32.1 Å². The van der Waals surface area contributed by atoms with E-state index >= 15 is 0 Å². The van der Waals surface area contributed by atoms with E-state index < -0.39 is 26.5 Å². The Morgan fingerprint density at radius 3 is 2.40 bits per heavy atom. The quantitative estimate of drug-likeness (QED) is 0.774. The number of carbonyl (C=O) groups is 1. The zero-order chi connectivity index (χ0) is 15.6. The standard InChI is InChI=1S/C13H25NO5S/c1-5-14(6-7-20(17,18)13(2,3)4)11-9-19-8-10(11)12(15)16/h10-11H,5-9H2,1-4H3,(H,15,16). The topological polar surface area (TPSA) is 83.9 Å². The monoisotopic (exact) mass is 307 g/mol. The predicted molar refractivity (Wildman–Crippen MR) is 76.5 cm³/mol. The molecule has 20 heavy (non-hydrogen) atoms. The van der Waals surface area contributed by atoms with E-state index in [0.717, 1.165) is 0 Å². The number of hydrogen-bond donors (Lipinski definition) is 1. The highest BCUT2D eigenvalue weighted by Gasteiger charge is 2.38. The Morgan fingerprint density at radius 2 is 1.95 bits per heavy atom. The fourth-order valence-electron chi connectivity index (χ4n) is 2.24. The summed E-state index contributed by atoms with van der Waals surface area (Å²) in [6.07, 6.45) is 0. The van der Waals surface area contributed by atoms with Gasteiger partial charge in [0.25, 0.3) is 0 Å². The average molecular weight is 307 g/mol. The molecule has 118 valence electrons. The molecule has 1 rings (SSSR count). The van der Waals surface area contributed by atoms with Gasteiger partial charge in [-0.2, -0.15) is 0 Å². The Kier molecular flexibility index (Phi) is 5.57. The van der Waals surface area contributed by atoms with E-state index in [1.807, 2.05) is 11.8 Å². The SMILES string of the molecule is CCN(CCS(=O)(=O)C(C)(C)C)C1COCC1C(=O)O. The molecular weight excluding hydrogens is 282 g/mol. The number of likely N-dealkylation sites (N-methyl/N-ethyl adjacent to an activating group) is 1. The number of carboxylic acid groups (broad SMARTS) is 1. The molecule has 0 saturated carbocycles. The number of rotatable bonds is 6. The van der Waals surface area contributed by atoms with Crippen LogP contribution in [0, 0.1) is 5.92 Å². The van der Waals surface area contributed by atoms with Crippen LogP contribution in [0.3, 0.4) is 0 Å².